The fourth-order valence-electron chi connectivity index (χ4n) is 5.14. The Kier molecular flexibility index (Phi) is 5.44. The quantitative estimate of drug-likeness (QED) is 0.458. The van der Waals surface area contributed by atoms with Gasteiger partial charge in [0, 0.05) is 12.1 Å². The number of fused-ring (bicyclic) bond motifs is 2. The van der Waals surface area contributed by atoms with Crippen molar-refractivity contribution in [3.8, 4) is 0 Å². The fourth-order valence-corrected chi connectivity index (χ4v) is 5.14. The summed E-state index contributed by atoms with van der Waals surface area (Å²) in [5, 5.41) is 3.67. The molecule has 0 unspecified atom stereocenters. The van der Waals surface area contributed by atoms with E-state index in [9.17, 15) is 4.79 Å². The van der Waals surface area contributed by atoms with Crippen LogP contribution in [0.5, 0.6) is 0 Å². The molecule has 1 saturated carbocycles. The SMILES string of the molecule is Cc1ccc([C@@H]2Nc3ccccc3N=C3C[C@H](c4ccc(C(C)(C)C)cc4)CC(=O)[C@H]32)cc1. The third-order valence-electron chi connectivity index (χ3n) is 7.11. The van der Waals surface area contributed by atoms with E-state index >= 15 is 0 Å². The number of aryl methyl sites for hydroxylation is 1. The predicted molar refractivity (Wildman–Crippen MR) is 137 cm³/mol. The van der Waals surface area contributed by atoms with E-state index in [0.717, 1.165) is 29.1 Å². The summed E-state index contributed by atoms with van der Waals surface area (Å²) in [4.78, 5) is 18.7. The molecule has 2 aliphatic rings. The van der Waals surface area contributed by atoms with Crippen LogP contribution in [-0.4, -0.2) is 11.5 Å². The highest BCUT2D eigenvalue weighted by atomic mass is 16.1. The largest absolute Gasteiger partial charge is 0.375 e. The van der Waals surface area contributed by atoms with Gasteiger partial charge in [0.05, 0.1) is 23.3 Å². The summed E-state index contributed by atoms with van der Waals surface area (Å²) in [6.07, 6.45) is 1.36. The highest BCUT2D eigenvalue weighted by molar-refractivity contribution is 6.10. The van der Waals surface area contributed by atoms with Gasteiger partial charge in [-0.1, -0.05) is 87.0 Å². The molecule has 1 aliphatic heterocycles. The van der Waals surface area contributed by atoms with Crippen LogP contribution in [-0.2, 0) is 10.2 Å². The topological polar surface area (TPSA) is 41.5 Å². The number of Topliss-reactive ketones (excluding diaryl/α,β-unsaturated/α-hetero) is 1. The van der Waals surface area contributed by atoms with Crippen molar-refractivity contribution in [2.45, 2.75) is 57.9 Å². The number of hydrogen-bond acceptors (Lipinski definition) is 3. The summed E-state index contributed by atoms with van der Waals surface area (Å²) in [6.45, 7) is 8.78. The van der Waals surface area contributed by atoms with Gasteiger partial charge in [0.25, 0.3) is 0 Å². The average Bonchev–Trinajstić information content (AvgIpc) is 2.96. The van der Waals surface area contributed by atoms with Crippen molar-refractivity contribution in [2.24, 2.45) is 10.9 Å². The summed E-state index contributed by atoms with van der Waals surface area (Å²) in [5.74, 6) is 0.200. The van der Waals surface area contributed by atoms with E-state index in [2.05, 4.69) is 87.6 Å². The number of rotatable bonds is 2. The average molecular weight is 437 g/mol. The molecule has 0 saturated heterocycles. The molecule has 5 rings (SSSR count). The van der Waals surface area contributed by atoms with E-state index in [0.29, 0.717) is 6.42 Å². The minimum Gasteiger partial charge on any atom is -0.375 e. The molecule has 1 heterocycles. The third kappa shape index (κ3) is 4.25. The van der Waals surface area contributed by atoms with Crippen molar-refractivity contribution >= 4 is 22.9 Å². The molecule has 1 fully saturated rings. The van der Waals surface area contributed by atoms with Crippen molar-refractivity contribution in [3.05, 3.63) is 95.1 Å². The molecule has 3 heteroatoms. The Labute approximate surface area is 197 Å². The number of aliphatic imine (C=N–C) groups is 1. The normalized spacial score (nSPS) is 22.5. The molecule has 3 aromatic rings. The summed E-state index contributed by atoms with van der Waals surface area (Å²) < 4.78 is 0. The maximum atomic E-state index is 13.7. The molecule has 33 heavy (non-hydrogen) atoms. The second kappa shape index (κ2) is 8.30. The first-order valence-corrected chi connectivity index (χ1v) is 11.9. The van der Waals surface area contributed by atoms with Crippen molar-refractivity contribution in [3.63, 3.8) is 0 Å². The first-order valence-electron chi connectivity index (χ1n) is 11.9. The van der Waals surface area contributed by atoms with Gasteiger partial charge in [0.1, 0.15) is 5.78 Å². The Morgan fingerprint density at radius 3 is 2.21 bits per heavy atom. The Hall–Kier alpha value is -3.20. The lowest BCUT2D eigenvalue weighted by Gasteiger charge is -2.34. The number of carbonyl (C=O) groups excluding carboxylic acids is 1. The van der Waals surface area contributed by atoms with Gasteiger partial charge >= 0.3 is 0 Å². The van der Waals surface area contributed by atoms with E-state index in [1.165, 1.54) is 16.7 Å². The molecule has 3 atom stereocenters. The van der Waals surface area contributed by atoms with Crippen LogP contribution in [0.1, 0.15) is 67.8 Å². The minimum absolute atomic E-state index is 0.107. The number of carbonyl (C=O) groups is 1. The Balaban J connectivity index is 1.53. The third-order valence-corrected chi connectivity index (χ3v) is 7.11. The number of para-hydroxylation sites is 2. The van der Waals surface area contributed by atoms with Crippen LogP contribution >= 0.6 is 0 Å². The Bertz CT molecular complexity index is 1200. The van der Waals surface area contributed by atoms with Crippen LogP contribution in [0.3, 0.4) is 0 Å². The van der Waals surface area contributed by atoms with Gasteiger partial charge in [0.2, 0.25) is 0 Å². The van der Waals surface area contributed by atoms with Crippen molar-refractivity contribution in [2.75, 3.05) is 5.32 Å². The number of anilines is 1. The van der Waals surface area contributed by atoms with Gasteiger partial charge in [-0.15, -0.1) is 0 Å². The van der Waals surface area contributed by atoms with Crippen LogP contribution in [0.25, 0.3) is 0 Å². The lowest BCUT2D eigenvalue weighted by Crippen LogP contribution is -2.38. The zero-order chi connectivity index (χ0) is 23.2. The highest BCUT2D eigenvalue weighted by Crippen LogP contribution is 2.44. The van der Waals surface area contributed by atoms with Crippen LogP contribution in [0.2, 0.25) is 0 Å². The second-order valence-corrected chi connectivity index (χ2v) is 10.6. The lowest BCUT2D eigenvalue weighted by molar-refractivity contribution is -0.122. The molecule has 0 aromatic heterocycles. The van der Waals surface area contributed by atoms with E-state index in [4.69, 9.17) is 4.99 Å². The van der Waals surface area contributed by atoms with Gasteiger partial charge in [-0.05, 0) is 53.5 Å². The first-order chi connectivity index (χ1) is 15.8. The van der Waals surface area contributed by atoms with Crippen molar-refractivity contribution in [1.82, 2.24) is 0 Å². The molecule has 1 N–H and O–H groups in total. The van der Waals surface area contributed by atoms with Crippen molar-refractivity contribution in [1.29, 1.82) is 0 Å². The zero-order valence-electron chi connectivity index (χ0n) is 19.9. The van der Waals surface area contributed by atoms with Crippen LogP contribution in [0.15, 0.2) is 77.8 Å². The monoisotopic (exact) mass is 436 g/mol. The number of hydrogen-bond donors (Lipinski definition) is 1. The highest BCUT2D eigenvalue weighted by Gasteiger charge is 2.41. The standard InChI is InChI=1S/C30H32N2O/c1-19-9-11-21(12-10-19)29-28-26(31-24-7-5-6-8-25(24)32-29)17-22(18-27(28)33)20-13-15-23(16-14-20)30(2,3)4/h5-16,22,28-29,32H,17-18H2,1-4H3/t22-,28-,29-/m0/s1. The Morgan fingerprint density at radius 1 is 0.848 bits per heavy atom. The smallest absolute Gasteiger partial charge is 0.144 e. The molecule has 3 aromatic carbocycles. The molecular formula is C30H32N2O. The second-order valence-electron chi connectivity index (χ2n) is 10.6. The summed E-state index contributed by atoms with van der Waals surface area (Å²) in [5.41, 5.74) is 7.93. The molecule has 1 aliphatic carbocycles. The van der Waals surface area contributed by atoms with Gasteiger partial charge in [-0.2, -0.15) is 0 Å². The number of nitrogens with one attached hydrogen (secondary N) is 1. The number of benzene rings is 3. The maximum absolute atomic E-state index is 13.7. The van der Waals surface area contributed by atoms with Crippen LogP contribution in [0.4, 0.5) is 11.4 Å². The lowest BCUT2D eigenvalue weighted by atomic mass is 9.72. The fraction of sp³-hybridized carbons (Fsp3) is 0.333. The van der Waals surface area contributed by atoms with E-state index in [1.54, 1.807) is 0 Å². The molecule has 0 amide bonds. The van der Waals surface area contributed by atoms with Crippen LogP contribution in [0, 0.1) is 12.8 Å². The summed E-state index contributed by atoms with van der Waals surface area (Å²) in [6, 6.07) is 25.4. The Morgan fingerprint density at radius 2 is 1.52 bits per heavy atom. The van der Waals surface area contributed by atoms with E-state index < -0.39 is 0 Å². The minimum atomic E-state index is -0.245. The molecule has 0 bridgehead atoms. The van der Waals surface area contributed by atoms with E-state index in [1.807, 2.05) is 18.2 Å². The molecule has 0 spiro atoms. The van der Waals surface area contributed by atoms with E-state index in [-0.39, 0.29) is 29.1 Å². The van der Waals surface area contributed by atoms with Gasteiger partial charge < -0.3 is 5.32 Å². The first kappa shape index (κ1) is 21.6. The molecule has 0 radical (unpaired) electrons. The van der Waals surface area contributed by atoms with Gasteiger partial charge in [-0.25, -0.2) is 0 Å². The zero-order valence-corrected chi connectivity index (χ0v) is 19.9. The number of nitrogens with zero attached hydrogens (tertiary/aromatic N) is 1. The van der Waals surface area contributed by atoms with Crippen molar-refractivity contribution < 1.29 is 4.79 Å². The summed E-state index contributed by atoms with van der Waals surface area (Å²) in [7, 11) is 0. The van der Waals surface area contributed by atoms with Gasteiger partial charge in [-0.3, -0.25) is 9.79 Å². The van der Waals surface area contributed by atoms with Crippen LogP contribution < -0.4 is 5.32 Å². The molecule has 3 nitrogen and oxygen atoms in total. The molecule has 168 valence electrons. The predicted octanol–water partition coefficient (Wildman–Crippen LogP) is 7.29. The molecular weight excluding hydrogens is 404 g/mol. The van der Waals surface area contributed by atoms with Gasteiger partial charge in [0.15, 0.2) is 0 Å². The number of ketones is 1. The summed E-state index contributed by atoms with van der Waals surface area (Å²) >= 11 is 0. The maximum Gasteiger partial charge on any atom is 0.144 e.